The topological polar surface area (TPSA) is 98.3 Å². The van der Waals surface area contributed by atoms with Gasteiger partial charge < -0.3 is 20.3 Å². The minimum absolute atomic E-state index is 0.0591. The van der Waals surface area contributed by atoms with E-state index in [1.807, 2.05) is 11.0 Å². The number of nitrogens with zero attached hydrogens (tertiary/aromatic N) is 2. The first-order chi connectivity index (χ1) is 12.1. The first-order valence-corrected chi connectivity index (χ1v) is 8.55. The lowest BCUT2D eigenvalue weighted by Crippen LogP contribution is -2.45. The molecule has 7 nitrogen and oxygen atoms in total. The smallest absolute Gasteiger partial charge is 0.335 e. The molecule has 25 heavy (non-hydrogen) atoms. The number of nitrogens with one attached hydrogen (secondary N) is 2. The maximum Gasteiger partial charge on any atom is 0.335 e. The number of aromatic nitrogens is 2. The summed E-state index contributed by atoms with van der Waals surface area (Å²) >= 11 is 0. The van der Waals surface area contributed by atoms with Gasteiger partial charge in [-0.05, 0) is 31.5 Å². The molecule has 2 aliphatic heterocycles. The summed E-state index contributed by atoms with van der Waals surface area (Å²) in [4.78, 5) is 33.5. The van der Waals surface area contributed by atoms with E-state index >= 15 is 0 Å². The number of carbonyl (C=O) groups excluding carboxylic acids is 1. The highest BCUT2D eigenvalue weighted by molar-refractivity contribution is 5.89. The number of H-pyrrole nitrogens is 1. The quantitative estimate of drug-likeness (QED) is 0.785. The van der Waals surface area contributed by atoms with Gasteiger partial charge in [0.15, 0.2) is 0 Å². The standard InChI is InChI=1S/C18H20N4O3/c23-17(14-5-2-7-19-14)22-8-6-13-15(10-22)21-16(20-13)11-3-1-4-12(9-11)18(24)25/h1,3-4,9,14,19H,2,5-8,10H2,(H,20,21)(H,24,25)/t14-/m1/s1. The van der Waals surface area contributed by atoms with Crippen molar-refractivity contribution in [3.63, 3.8) is 0 Å². The first-order valence-electron chi connectivity index (χ1n) is 8.55. The van der Waals surface area contributed by atoms with Crippen LogP contribution in [0.2, 0.25) is 0 Å². The lowest BCUT2D eigenvalue weighted by Gasteiger charge is -2.28. The van der Waals surface area contributed by atoms with Crippen molar-refractivity contribution in [2.75, 3.05) is 13.1 Å². The van der Waals surface area contributed by atoms with Crippen molar-refractivity contribution < 1.29 is 14.7 Å². The average Bonchev–Trinajstić information content (AvgIpc) is 3.30. The molecule has 1 aromatic heterocycles. The van der Waals surface area contributed by atoms with Gasteiger partial charge in [-0.3, -0.25) is 4.79 Å². The molecule has 1 amide bonds. The molecule has 1 atom stereocenters. The van der Waals surface area contributed by atoms with E-state index in [0.29, 0.717) is 25.3 Å². The molecule has 3 N–H and O–H groups in total. The second-order valence-corrected chi connectivity index (χ2v) is 6.56. The number of fused-ring (bicyclic) bond motifs is 1. The SMILES string of the molecule is O=C(O)c1cccc(-c2nc3c([nH]2)CN(C(=O)[C@H]2CCCN2)CC3)c1. The Hall–Kier alpha value is -2.67. The molecule has 0 bridgehead atoms. The maximum atomic E-state index is 12.6. The number of hydrogen-bond donors (Lipinski definition) is 3. The third kappa shape index (κ3) is 3.02. The average molecular weight is 340 g/mol. The second-order valence-electron chi connectivity index (χ2n) is 6.56. The minimum Gasteiger partial charge on any atom is -0.478 e. The Morgan fingerprint density at radius 2 is 2.20 bits per heavy atom. The van der Waals surface area contributed by atoms with Crippen LogP contribution in [0.3, 0.4) is 0 Å². The molecule has 2 aromatic rings. The second kappa shape index (κ2) is 6.33. The fraction of sp³-hybridized carbons (Fsp3) is 0.389. The number of carboxylic acid groups (broad SMARTS) is 1. The summed E-state index contributed by atoms with van der Waals surface area (Å²) in [6.07, 6.45) is 2.66. The number of amides is 1. The van der Waals surface area contributed by atoms with Gasteiger partial charge in [-0.1, -0.05) is 12.1 Å². The van der Waals surface area contributed by atoms with E-state index in [2.05, 4.69) is 15.3 Å². The summed E-state index contributed by atoms with van der Waals surface area (Å²) in [6.45, 7) is 2.10. The molecule has 1 fully saturated rings. The molecule has 0 spiro atoms. The van der Waals surface area contributed by atoms with Gasteiger partial charge in [0.2, 0.25) is 5.91 Å². The Bertz CT molecular complexity index is 823. The van der Waals surface area contributed by atoms with E-state index in [-0.39, 0.29) is 17.5 Å². The van der Waals surface area contributed by atoms with Gasteiger partial charge in [0.1, 0.15) is 5.82 Å². The van der Waals surface area contributed by atoms with E-state index in [0.717, 1.165) is 36.3 Å². The highest BCUT2D eigenvalue weighted by Gasteiger charge is 2.30. The van der Waals surface area contributed by atoms with Crippen LogP contribution >= 0.6 is 0 Å². The number of benzene rings is 1. The third-order valence-corrected chi connectivity index (χ3v) is 4.88. The van der Waals surface area contributed by atoms with Crippen LogP contribution in [-0.4, -0.2) is 51.0 Å². The van der Waals surface area contributed by atoms with Crippen molar-refractivity contribution in [2.45, 2.75) is 31.8 Å². The summed E-state index contributed by atoms with van der Waals surface area (Å²) < 4.78 is 0. The molecule has 3 heterocycles. The van der Waals surface area contributed by atoms with Crippen LogP contribution in [0.4, 0.5) is 0 Å². The molecule has 7 heteroatoms. The van der Waals surface area contributed by atoms with Gasteiger partial charge >= 0.3 is 5.97 Å². The molecule has 0 radical (unpaired) electrons. The van der Waals surface area contributed by atoms with Crippen molar-refractivity contribution >= 4 is 11.9 Å². The molecular formula is C18H20N4O3. The fourth-order valence-corrected chi connectivity index (χ4v) is 3.53. The summed E-state index contributed by atoms with van der Waals surface area (Å²) in [5.41, 5.74) is 2.87. The molecule has 4 rings (SSSR count). The van der Waals surface area contributed by atoms with Gasteiger partial charge in [0, 0.05) is 18.5 Å². The largest absolute Gasteiger partial charge is 0.478 e. The van der Waals surface area contributed by atoms with Gasteiger partial charge in [-0.15, -0.1) is 0 Å². The lowest BCUT2D eigenvalue weighted by molar-refractivity contribution is -0.134. The molecule has 130 valence electrons. The zero-order chi connectivity index (χ0) is 17.4. The van der Waals surface area contributed by atoms with Gasteiger partial charge in [-0.25, -0.2) is 9.78 Å². The number of imidazole rings is 1. The highest BCUT2D eigenvalue weighted by atomic mass is 16.4. The Labute approximate surface area is 145 Å². The van der Waals surface area contributed by atoms with Gasteiger partial charge in [-0.2, -0.15) is 0 Å². The van der Waals surface area contributed by atoms with Crippen molar-refractivity contribution in [3.05, 3.63) is 41.2 Å². The number of carboxylic acids is 1. The summed E-state index contributed by atoms with van der Waals surface area (Å²) in [7, 11) is 0. The van der Waals surface area contributed by atoms with Crippen molar-refractivity contribution in [1.82, 2.24) is 20.2 Å². The third-order valence-electron chi connectivity index (χ3n) is 4.88. The molecule has 0 aliphatic carbocycles. The van der Waals surface area contributed by atoms with Crippen LogP contribution in [-0.2, 0) is 17.8 Å². The molecule has 1 saturated heterocycles. The Morgan fingerprint density at radius 3 is 2.96 bits per heavy atom. The van der Waals surface area contributed by atoms with E-state index in [1.54, 1.807) is 18.2 Å². The van der Waals surface area contributed by atoms with Crippen LogP contribution in [0.25, 0.3) is 11.4 Å². The van der Waals surface area contributed by atoms with Crippen LogP contribution in [0.1, 0.15) is 34.6 Å². The predicted octanol–water partition coefficient (Wildman–Crippen LogP) is 1.41. The van der Waals surface area contributed by atoms with Crippen molar-refractivity contribution in [2.24, 2.45) is 0 Å². The lowest BCUT2D eigenvalue weighted by atomic mass is 10.1. The normalized spacial score (nSPS) is 19.7. The molecule has 2 aliphatic rings. The molecule has 0 unspecified atom stereocenters. The van der Waals surface area contributed by atoms with Crippen molar-refractivity contribution in [3.8, 4) is 11.4 Å². The van der Waals surface area contributed by atoms with E-state index in [4.69, 9.17) is 5.11 Å². The van der Waals surface area contributed by atoms with Crippen LogP contribution in [0.5, 0.6) is 0 Å². The molecule has 1 aromatic carbocycles. The van der Waals surface area contributed by atoms with Crippen LogP contribution < -0.4 is 5.32 Å². The van der Waals surface area contributed by atoms with Gasteiger partial charge in [0.25, 0.3) is 0 Å². The highest BCUT2D eigenvalue weighted by Crippen LogP contribution is 2.24. The zero-order valence-corrected chi connectivity index (χ0v) is 13.8. The number of aromatic amines is 1. The Morgan fingerprint density at radius 1 is 1.32 bits per heavy atom. The summed E-state index contributed by atoms with van der Waals surface area (Å²) in [5.74, 6) is -0.146. The van der Waals surface area contributed by atoms with E-state index in [9.17, 15) is 9.59 Å². The first kappa shape index (κ1) is 15.8. The number of aromatic carboxylic acids is 1. The molecular weight excluding hydrogens is 320 g/mol. The summed E-state index contributed by atoms with van der Waals surface area (Å²) in [5, 5.41) is 12.4. The number of carbonyl (C=O) groups is 2. The minimum atomic E-state index is -0.959. The van der Waals surface area contributed by atoms with E-state index in [1.165, 1.54) is 0 Å². The number of hydrogen-bond acceptors (Lipinski definition) is 4. The van der Waals surface area contributed by atoms with Crippen LogP contribution in [0, 0.1) is 0 Å². The maximum absolute atomic E-state index is 12.6. The number of rotatable bonds is 3. The van der Waals surface area contributed by atoms with E-state index < -0.39 is 5.97 Å². The van der Waals surface area contributed by atoms with Crippen molar-refractivity contribution in [1.29, 1.82) is 0 Å². The Balaban J connectivity index is 1.55. The fourth-order valence-electron chi connectivity index (χ4n) is 3.53. The van der Waals surface area contributed by atoms with Crippen LogP contribution in [0.15, 0.2) is 24.3 Å². The zero-order valence-electron chi connectivity index (χ0n) is 13.8. The monoisotopic (exact) mass is 340 g/mol. The predicted molar refractivity (Wildman–Crippen MR) is 91.1 cm³/mol. The summed E-state index contributed by atoms with van der Waals surface area (Å²) in [6, 6.07) is 6.65. The van der Waals surface area contributed by atoms with Gasteiger partial charge in [0.05, 0.1) is 29.5 Å². The Kier molecular flexibility index (Phi) is 4.01. The molecule has 0 saturated carbocycles.